The van der Waals surface area contributed by atoms with Crippen LogP contribution in [0.4, 0.5) is 0 Å². The van der Waals surface area contributed by atoms with Crippen LogP contribution in [0.25, 0.3) is 0 Å². The summed E-state index contributed by atoms with van der Waals surface area (Å²) in [5, 5.41) is 7.98. The van der Waals surface area contributed by atoms with Crippen LogP contribution < -0.4 is 0 Å². The maximum atomic E-state index is 5.84. The first-order valence-corrected chi connectivity index (χ1v) is 5.04. The summed E-state index contributed by atoms with van der Waals surface area (Å²) in [7, 11) is 0. The maximum absolute atomic E-state index is 5.84. The lowest BCUT2D eigenvalue weighted by Crippen LogP contribution is -2.05. The van der Waals surface area contributed by atoms with E-state index in [1.807, 2.05) is 4.57 Å². The minimum Gasteiger partial charge on any atom is -0.302 e. The highest BCUT2D eigenvalue weighted by Gasteiger charge is 2.09. The average Bonchev–Trinajstić information content (AvgIpc) is 2.47. The van der Waals surface area contributed by atoms with Gasteiger partial charge in [-0.05, 0) is 37.3 Å². The summed E-state index contributed by atoms with van der Waals surface area (Å²) >= 11 is 5.84. The van der Waals surface area contributed by atoms with E-state index in [0.29, 0.717) is 11.3 Å². The fraction of sp³-hybridized carbons (Fsp3) is 0.778. The molecule has 0 spiro atoms. The van der Waals surface area contributed by atoms with Crippen LogP contribution in [0, 0.1) is 5.92 Å². The van der Waals surface area contributed by atoms with Crippen molar-refractivity contribution in [3.8, 4) is 0 Å². The average molecular weight is 202 g/mol. The normalized spacial score (nSPS) is 13.6. The molecule has 0 saturated carbocycles. The van der Waals surface area contributed by atoms with Crippen LogP contribution in [-0.4, -0.2) is 14.8 Å². The first kappa shape index (κ1) is 10.5. The molecule has 0 amide bonds. The van der Waals surface area contributed by atoms with Crippen molar-refractivity contribution in [2.45, 2.75) is 39.7 Å². The fourth-order valence-electron chi connectivity index (χ4n) is 1.24. The summed E-state index contributed by atoms with van der Waals surface area (Å²) in [4.78, 5) is 0. The molecule has 3 nitrogen and oxygen atoms in total. The number of nitrogens with zero attached hydrogens (tertiary/aromatic N) is 3. The minimum absolute atomic E-state index is 0.393. The monoisotopic (exact) mass is 201 g/mol. The number of hydrogen-bond acceptors (Lipinski definition) is 2. The molecule has 1 aromatic heterocycles. The molecule has 0 fully saturated rings. The van der Waals surface area contributed by atoms with Crippen LogP contribution in [0.5, 0.6) is 0 Å². The van der Waals surface area contributed by atoms with Crippen LogP contribution in [0.15, 0.2) is 6.33 Å². The Bertz CT molecular complexity index is 257. The van der Waals surface area contributed by atoms with E-state index in [1.54, 1.807) is 6.33 Å². The van der Waals surface area contributed by atoms with Gasteiger partial charge in [-0.1, -0.05) is 13.8 Å². The highest BCUT2D eigenvalue weighted by atomic mass is 35.5. The lowest BCUT2D eigenvalue weighted by molar-refractivity contribution is 0.439. The van der Waals surface area contributed by atoms with E-state index in [9.17, 15) is 0 Å². The zero-order valence-corrected chi connectivity index (χ0v) is 9.12. The fourth-order valence-corrected chi connectivity index (χ4v) is 1.49. The van der Waals surface area contributed by atoms with Crippen molar-refractivity contribution in [2.24, 2.45) is 5.92 Å². The van der Waals surface area contributed by atoms with Gasteiger partial charge in [-0.3, -0.25) is 0 Å². The molecule has 0 radical (unpaired) electrons. The summed E-state index contributed by atoms with van der Waals surface area (Å²) in [6.07, 6.45) is 4.01. The van der Waals surface area contributed by atoms with E-state index >= 15 is 0 Å². The standard InChI is InChI=1S/C9H16ClN3/c1-7(2)4-5-8(3)13-6-11-12-9(13)10/h6-8H,4-5H2,1-3H3. The number of halogens is 1. The van der Waals surface area contributed by atoms with Gasteiger partial charge in [-0.25, -0.2) is 0 Å². The van der Waals surface area contributed by atoms with Crippen molar-refractivity contribution in [3.05, 3.63) is 11.6 Å². The molecule has 0 saturated heterocycles. The molecule has 0 bridgehead atoms. The third kappa shape index (κ3) is 2.99. The van der Waals surface area contributed by atoms with Crippen molar-refractivity contribution in [1.29, 1.82) is 0 Å². The first-order valence-electron chi connectivity index (χ1n) is 4.66. The molecule has 1 aromatic rings. The molecule has 1 unspecified atom stereocenters. The topological polar surface area (TPSA) is 30.7 Å². The van der Waals surface area contributed by atoms with E-state index in [1.165, 1.54) is 6.42 Å². The van der Waals surface area contributed by atoms with Gasteiger partial charge in [0.1, 0.15) is 6.33 Å². The Labute approximate surface area is 84.1 Å². The smallest absolute Gasteiger partial charge is 0.225 e. The van der Waals surface area contributed by atoms with Gasteiger partial charge in [-0.2, -0.15) is 0 Å². The highest BCUT2D eigenvalue weighted by Crippen LogP contribution is 2.19. The second kappa shape index (κ2) is 4.61. The molecule has 1 rings (SSSR count). The van der Waals surface area contributed by atoms with E-state index < -0.39 is 0 Å². The molecule has 4 heteroatoms. The van der Waals surface area contributed by atoms with Gasteiger partial charge in [-0.15, -0.1) is 10.2 Å². The van der Waals surface area contributed by atoms with Gasteiger partial charge in [0.05, 0.1) is 0 Å². The van der Waals surface area contributed by atoms with Crippen LogP contribution in [0.1, 0.15) is 39.7 Å². The predicted octanol–water partition coefficient (Wildman–Crippen LogP) is 2.93. The van der Waals surface area contributed by atoms with E-state index in [0.717, 1.165) is 12.3 Å². The van der Waals surface area contributed by atoms with E-state index in [4.69, 9.17) is 11.6 Å². The number of hydrogen-bond donors (Lipinski definition) is 0. The second-order valence-corrected chi connectivity index (χ2v) is 4.17. The molecule has 74 valence electrons. The molecule has 1 atom stereocenters. The molecular weight excluding hydrogens is 186 g/mol. The lowest BCUT2D eigenvalue weighted by Gasteiger charge is -2.14. The van der Waals surface area contributed by atoms with Gasteiger partial charge in [0.25, 0.3) is 0 Å². The Kier molecular flexibility index (Phi) is 3.72. The third-order valence-corrected chi connectivity index (χ3v) is 2.44. The minimum atomic E-state index is 0.393. The van der Waals surface area contributed by atoms with Crippen molar-refractivity contribution in [1.82, 2.24) is 14.8 Å². The highest BCUT2D eigenvalue weighted by molar-refractivity contribution is 6.28. The van der Waals surface area contributed by atoms with E-state index in [2.05, 4.69) is 31.0 Å². The van der Waals surface area contributed by atoms with Crippen molar-refractivity contribution >= 4 is 11.6 Å². The third-order valence-electron chi connectivity index (χ3n) is 2.17. The van der Waals surface area contributed by atoms with Gasteiger partial charge in [0.2, 0.25) is 5.28 Å². The lowest BCUT2D eigenvalue weighted by atomic mass is 10.0. The summed E-state index contributed by atoms with van der Waals surface area (Å²) in [5.74, 6) is 0.734. The zero-order chi connectivity index (χ0) is 9.84. The Hall–Kier alpha value is -0.570. The molecule has 0 aliphatic heterocycles. The quantitative estimate of drug-likeness (QED) is 0.750. The first-order chi connectivity index (χ1) is 6.11. The van der Waals surface area contributed by atoms with Gasteiger partial charge < -0.3 is 4.57 Å². The SMILES string of the molecule is CC(C)CCC(C)n1cnnc1Cl. The summed E-state index contributed by atoms with van der Waals surface area (Å²) in [6.45, 7) is 6.58. The predicted molar refractivity (Wildman–Crippen MR) is 53.8 cm³/mol. The summed E-state index contributed by atoms with van der Waals surface area (Å²) in [6, 6.07) is 0.393. The molecular formula is C9H16ClN3. The zero-order valence-electron chi connectivity index (χ0n) is 8.37. The van der Waals surface area contributed by atoms with Crippen molar-refractivity contribution in [3.63, 3.8) is 0 Å². The largest absolute Gasteiger partial charge is 0.302 e. The summed E-state index contributed by atoms with van der Waals surface area (Å²) < 4.78 is 1.91. The molecule has 0 aromatic carbocycles. The molecule has 0 aliphatic carbocycles. The van der Waals surface area contributed by atoms with E-state index in [-0.39, 0.29) is 0 Å². The number of rotatable bonds is 4. The maximum Gasteiger partial charge on any atom is 0.225 e. The Balaban J connectivity index is 2.49. The van der Waals surface area contributed by atoms with Crippen molar-refractivity contribution < 1.29 is 0 Å². The van der Waals surface area contributed by atoms with Crippen LogP contribution in [-0.2, 0) is 0 Å². The number of aromatic nitrogens is 3. The Morgan fingerprint density at radius 2 is 2.08 bits per heavy atom. The van der Waals surface area contributed by atoms with Gasteiger partial charge in [0.15, 0.2) is 0 Å². The van der Waals surface area contributed by atoms with Crippen LogP contribution in [0.2, 0.25) is 5.28 Å². The van der Waals surface area contributed by atoms with Gasteiger partial charge >= 0.3 is 0 Å². The second-order valence-electron chi connectivity index (χ2n) is 3.83. The summed E-state index contributed by atoms with van der Waals surface area (Å²) in [5.41, 5.74) is 0. The van der Waals surface area contributed by atoms with Crippen molar-refractivity contribution in [2.75, 3.05) is 0 Å². The van der Waals surface area contributed by atoms with Crippen LogP contribution >= 0.6 is 11.6 Å². The van der Waals surface area contributed by atoms with Gasteiger partial charge in [0, 0.05) is 6.04 Å². The molecule has 0 N–H and O–H groups in total. The Morgan fingerprint density at radius 3 is 2.54 bits per heavy atom. The molecule has 0 aliphatic rings. The molecule has 1 heterocycles. The molecule has 13 heavy (non-hydrogen) atoms. The van der Waals surface area contributed by atoms with Crippen LogP contribution in [0.3, 0.4) is 0 Å². The Morgan fingerprint density at radius 1 is 1.38 bits per heavy atom.